The van der Waals surface area contributed by atoms with Crippen molar-refractivity contribution in [3.8, 4) is 0 Å². The van der Waals surface area contributed by atoms with E-state index in [1.165, 1.54) is 0 Å². The number of carbonyl (C=O) groups excluding carboxylic acids is 1. The van der Waals surface area contributed by atoms with Crippen LogP contribution in [-0.4, -0.2) is 34.4 Å². The molecule has 0 aliphatic heterocycles. The zero-order valence-corrected chi connectivity index (χ0v) is 10.1. The third-order valence-corrected chi connectivity index (χ3v) is 2.80. The largest absolute Gasteiger partial charge is 0.461 e. The Morgan fingerprint density at radius 3 is 3.07 bits per heavy atom. The van der Waals surface area contributed by atoms with Gasteiger partial charge in [0.05, 0.1) is 12.6 Å². The number of esters is 1. The SMILES string of the molecule is CCOC(=O)c1ccnn1C(C)CSC. The van der Waals surface area contributed by atoms with Crippen molar-refractivity contribution >= 4 is 17.7 Å². The van der Waals surface area contributed by atoms with Gasteiger partial charge >= 0.3 is 5.97 Å². The first-order valence-electron chi connectivity index (χ1n) is 4.90. The zero-order valence-electron chi connectivity index (χ0n) is 9.27. The van der Waals surface area contributed by atoms with Gasteiger partial charge in [0.1, 0.15) is 5.69 Å². The van der Waals surface area contributed by atoms with Crippen molar-refractivity contribution in [2.24, 2.45) is 0 Å². The molecule has 0 fully saturated rings. The van der Waals surface area contributed by atoms with E-state index in [4.69, 9.17) is 4.74 Å². The van der Waals surface area contributed by atoms with Gasteiger partial charge in [0.25, 0.3) is 0 Å². The first-order chi connectivity index (χ1) is 7.20. The van der Waals surface area contributed by atoms with Crippen molar-refractivity contribution < 1.29 is 9.53 Å². The predicted molar refractivity (Wildman–Crippen MR) is 61.3 cm³/mol. The molecule has 15 heavy (non-hydrogen) atoms. The molecule has 0 bridgehead atoms. The number of thioether (sulfide) groups is 1. The highest BCUT2D eigenvalue weighted by molar-refractivity contribution is 7.98. The second kappa shape index (κ2) is 5.80. The van der Waals surface area contributed by atoms with Crippen LogP contribution in [0, 0.1) is 0 Å². The number of hydrogen-bond donors (Lipinski definition) is 0. The van der Waals surface area contributed by atoms with Gasteiger partial charge in [-0.1, -0.05) is 0 Å². The minimum Gasteiger partial charge on any atom is -0.461 e. The second-order valence-corrected chi connectivity index (χ2v) is 4.10. The van der Waals surface area contributed by atoms with E-state index in [-0.39, 0.29) is 12.0 Å². The number of ether oxygens (including phenoxy) is 1. The molecule has 1 aromatic heterocycles. The molecule has 5 heteroatoms. The molecule has 0 spiro atoms. The molecule has 0 N–H and O–H groups in total. The summed E-state index contributed by atoms with van der Waals surface area (Å²) >= 11 is 1.73. The summed E-state index contributed by atoms with van der Waals surface area (Å²) in [7, 11) is 0. The molecule has 84 valence electrons. The third kappa shape index (κ3) is 2.99. The number of carbonyl (C=O) groups is 1. The predicted octanol–water partition coefficient (Wildman–Crippen LogP) is 1.98. The van der Waals surface area contributed by atoms with Crippen LogP contribution in [0.4, 0.5) is 0 Å². The molecule has 0 radical (unpaired) electrons. The van der Waals surface area contributed by atoms with Gasteiger partial charge in [-0.3, -0.25) is 4.68 Å². The van der Waals surface area contributed by atoms with Crippen LogP contribution in [0.3, 0.4) is 0 Å². The molecular formula is C10H16N2O2S. The molecular weight excluding hydrogens is 212 g/mol. The Hall–Kier alpha value is -0.970. The Bertz CT molecular complexity index is 325. The summed E-state index contributed by atoms with van der Waals surface area (Å²) in [5, 5.41) is 4.14. The second-order valence-electron chi connectivity index (χ2n) is 3.19. The Labute approximate surface area is 94.0 Å². The highest BCUT2D eigenvalue weighted by Gasteiger charge is 2.16. The minimum absolute atomic E-state index is 0.203. The van der Waals surface area contributed by atoms with E-state index in [9.17, 15) is 4.79 Å². The molecule has 0 saturated carbocycles. The monoisotopic (exact) mass is 228 g/mol. The third-order valence-electron chi connectivity index (χ3n) is 1.98. The molecule has 1 unspecified atom stereocenters. The summed E-state index contributed by atoms with van der Waals surface area (Å²) in [4.78, 5) is 11.5. The number of aromatic nitrogens is 2. The Morgan fingerprint density at radius 1 is 1.73 bits per heavy atom. The maximum atomic E-state index is 11.5. The lowest BCUT2D eigenvalue weighted by atomic mass is 10.3. The van der Waals surface area contributed by atoms with Gasteiger partial charge in [-0.15, -0.1) is 0 Å². The molecule has 0 aromatic carbocycles. The minimum atomic E-state index is -0.303. The lowest BCUT2D eigenvalue weighted by Crippen LogP contribution is -2.17. The summed E-state index contributed by atoms with van der Waals surface area (Å²) in [5.41, 5.74) is 0.526. The van der Waals surface area contributed by atoms with Crippen LogP contribution >= 0.6 is 11.8 Å². The van der Waals surface area contributed by atoms with Crippen LogP contribution in [0.25, 0.3) is 0 Å². The normalized spacial score (nSPS) is 12.5. The summed E-state index contributed by atoms with van der Waals surface area (Å²) in [6, 6.07) is 1.89. The molecule has 1 atom stereocenters. The van der Waals surface area contributed by atoms with Crippen LogP contribution in [0.1, 0.15) is 30.4 Å². The van der Waals surface area contributed by atoms with Crippen LogP contribution in [0.15, 0.2) is 12.3 Å². The van der Waals surface area contributed by atoms with Gasteiger partial charge in [0.2, 0.25) is 0 Å². The fourth-order valence-corrected chi connectivity index (χ4v) is 1.97. The van der Waals surface area contributed by atoms with E-state index in [1.54, 1.807) is 35.6 Å². The Kier molecular flexibility index (Phi) is 4.68. The highest BCUT2D eigenvalue weighted by atomic mass is 32.2. The van der Waals surface area contributed by atoms with E-state index in [0.717, 1.165) is 5.75 Å². The van der Waals surface area contributed by atoms with Crippen molar-refractivity contribution in [3.05, 3.63) is 18.0 Å². The number of hydrogen-bond acceptors (Lipinski definition) is 4. The van der Waals surface area contributed by atoms with Crippen LogP contribution in [0.5, 0.6) is 0 Å². The summed E-state index contributed by atoms with van der Waals surface area (Å²) in [6.07, 6.45) is 3.66. The maximum Gasteiger partial charge on any atom is 0.356 e. The van der Waals surface area contributed by atoms with Crippen LogP contribution < -0.4 is 0 Å². The summed E-state index contributed by atoms with van der Waals surface area (Å²) in [6.45, 7) is 4.22. The van der Waals surface area contributed by atoms with Crippen molar-refractivity contribution in [2.75, 3.05) is 18.6 Å². The quantitative estimate of drug-likeness (QED) is 0.723. The lowest BCUT2D eigenvalue weighted by Gasteiger charge is -2.13. The zero-order chi connectivity index (χ0) is 11.3. The van der Waals surface area contributed by atoms with Crippen LogP contribution in [0.2, 0.25) is 0 Å². The molecule has 1 rings (SSSR count). The average Bonchev–Trinajstić information content (AvgIpc) is 2.66. The molecule has 0 amide bonds. The van der Waals surface area contributed by atoms with E-state index in [2.05, 4.69) is 5.10 Å². The van der Waals surface area contributed by atoms with Gasteiger partial charge in [-0.05, 0) is 26.2 Å². The number of rotatable bonds is 5. The van der Waals surface area contributed by atoms with E-state index >= 15 is 0 Å². The molecule has 1 aromatic rings. The van der Waals surface area contributed by atoms with Gasteiger partial charge in [0.15, 0.2) is 0 Å². The van der Waals surface area contributed by atoms with Crippen molar-refractivity contribution in [1.82, 2.24) is 9.78 Å². The molecule has 4 nitrogen and oxygen atoms in total. The van der Waals surface area contributed by atoms with Gasteiger partial charge in [0, 0.05) is 11.9 Å². The van der Waals surface area contributed by atoms with Crippen molar-refractivity contribution in [2.45, 2.75) is 19.9 Å². The van der Waals surface area contributed by atoms with Crippen LogP contribution in [-0.2, 0) is 4.74 Å². The van der Waals surface area contributed by atoms with Crippen molar-refractivity contribution in [3.63, 3.8) is 0 Å². The highest BCUT2D eigenvalue weighted by Crippen LogP contribution is 2.14. The topological polar surface area (TPSA) is 44.1 Å². The van der Waals surface area contributed by atoms with Crippen molar-refractivity contribution in [1.29, 1.82) is 0 Å². The Balaban J connectivity index is 2.81. The number of nitrogens with zero attached hydrogens (tertiary/aromatic N) is 2. The fraction of sp³-hybridized carbons (Fsp3) is 0.600. The Morgan fingerprint density at radius 2 is 2.47 bits per heavy atom. The van der Waals surface area contributed by atoms with E-state index in [0.29, 0.717) is 12.3 Å². The lowest BCUT2D eigenvalue weighted by molar-refractivity contribution is 0.0510. The molecule has 0 aliphatic carbocycles. The van der Waals surface area contributed by atoms with Gasteiger partial charge in [-0.2, -0.15) is 16.9 Å². The molecule has 0 saturated heterocycles. The van der Waals surface area contributed by atoms with E-state index in [1.807, 2.05) is 13.2 Å². The van der Waals surface area contributed by atoms with Gasteiger partial charge < -0.3 is 4.74 Å². The summed E-state index contributed by atoms with van der Waals surface area (Å²) in [5.74, 6) is 0.622. The smallest absolute Gasteiger partial charge is 0.356 e. The van der Waals surface area contributed by atoms with Gasteiger partial charge in [-0.25, -0.2) is 4.79 Å². The molecule has 1 heterocycles. The maximum absolute atomic E-state index is 11.5. The first kappa shape index (κ1) is 12.1. The molecule has 0 aliphatic rings. The summed E-state index contributed by atoms with van der Waals surface area (Å²) < 4.78 is 6.67. The average molecular weight is 228 g/mol. The first-order valence-corrected chi connectivity index (χ1v) is 6.29. The standard InChI is InChI=1S/C10H16N2O2S/c1-4-14-10(13)9-5-6-11-12(9)8(2)7-15-3/h5-6,8H,4,7H2,1-3H3. The fourth-order valence-electron chi connectivity index (χ4n) is 1.34. The van der Waals surface area contributed by atoms with E-state index < -0.39 is 0 Å².